The van der Waals surface area contributed by atoms with Crippen molar-refractivity contribution in [3.63, 3.8) is 0 Å². The standard InChI is InChI=1S/C16H24N4O3S/c17-24(22,23)20-11-7-13(8-12-20)16(21)18-14-3-5-15(6-4-14)19-9-1-2-10-19/h3-6,13H,1-2,7-12H2,(H,18,21)(H2,17,22,23). The summed E-state index contributed by atoms with van der Waals surface area (Å²) < 4.78 is 23.8. The summed E-state index contributed by atoms with van der Waals surface area (Å²) in [4.78, 5) is 14.7. The molecule has 3 rings (SSSR count). The zero-order valence-corrected chi connectivity index (χ0v) is 14.5. The number of hydrogen-bond donors (Lipinski definition) is 2. The van der Waals surface area contributed by atoms with Gasteiger partial charge in [0.2, 0.25) is 5.91 Å². The van der Waals surface area contributed by atoms with Crippen LogP contribution < -0.4 is 15.4 Å². The summed E-state index contributed by atoms with van der Waals surface area (Å²) >= 11 is 0. The molecule has 0 aliphatic carbocycles. The van der Waals surface area contributed by atoms with Gasteiger partial charge in [-0.15, -0.1) is 0 Å². The van der Waals surface area contributed by atoms with Crippen LogP contribution in [0.15, 0.2) is 24.3 Å². The van der Waals surface area contributed by atoms with Crippen LogP contribution in [0.4, 0.5) is 11.4 Å². The van der Waals surface area contributed by atoms with Gasteiger partial charge in [-0.25, -0.2) is 5.14 Å². The lowest BCUT2D eigenvalue weighted by Crippen LogP contribution is -2.44. The maximum Gasteiger partial charge on any atom is 0.276 e. The van der Waals surface area contributed by atoms with Crippen LogP contribution >= 0.6 is 0 Å². The Morgan fingerprint density at radius 2 is 1.62 bits per heavy atom. The number of carbonyl (C=O) groups is 1. The highest BCUT2D eigenvalue weighted by Crippen LogP contribution is 2.24. The number of carbonyl (C=O) groups excluding carboxylic acids is 1. The van der Waals surface area contributed by atoms with E-state index in [0.29, 0.717) is 25.9 Å². The predicted octanol–water partition coefficient (Wildman–Crippen LogP) is 1.14. The number of piperidine rings is 1. The molecule has 2 aliphatic heterocycles. The minimum atomic E-state index is -3.65. The van der Waals surface area contributed by atoms with Crippen molar-refractivity contribution in [1.29, 1.82) is 0 Å². The monoisotopic (exact) mass is 352 g/mol. The van der Waals surface area contributed by atoms with Crippen molar-refractivity contribution in [2.45, 2.75) is 25.7 Å². The Labute approximate surface area is 143 Å². The van der Waals surface area contributed by atoms with Crippen molar-refractivity contribution >= 4 is 27.5 Å². The molecule has 0 radical (unpaired) electrons. The van der Waals surface area contributed by atoms with Gasteiger partial charge in [-0.1, -0.05) is 0 Å². The highest BCUT2D eigenvalue weighted by molar-refractivity contribution is 7.86. The first-order chi connectivity index (χ1) is 11.4. The van der Waals surface area contributed by atoms with Gasteiger partial charge >= 0.3 is 0 Å². The maximum atomic E-state index is 12.3. The van der Waals surface area contributed by atoms with Crippen molar-refractivity contribution < 1.29 is 13.2 Å². The van der Waals surface area contributed by atoms with E-state index in [-0.39, 0.29) is 11.8 Å². The molecule has 1 aromatic carbocycles. The number of rotatable bonds is 4. The minimum absolute atomic E-state index is 0.0574. The van der Waals surface area contributed by atoms with Crippen LogP contribution in [0, 0.1) is 5.92 Å². The van der Waals surface area contributed by atoms with Crippen molar-refractivity contribution in [3.05, 3.63) is 24.3 Å². The number of hydrogen-bond acceptors (Lipinski definition) is 4. The summed E-state index contributed by atoms with van der Waals surface area (Å²) in [5.74, 6) is -0.237. The highest BCUT2D eigenvalue weighted by Gasteiger charge is 2.29. The molecule has 8 heteroatoms. The second-order valence-corrected chi connectivity index (χ2v) is 7.99. The Bertz CT molecular complexity index is 676. The number of nitrogens with one attached hydrogen (secondary N) is 1. The fourth-order valence-electron chi connectivity index (χ4n) is 3.35. The second kappa shape index (κ2) is 7.08. The third-order valence-corrected chi connectivity index (χ3v) is 5.88. The molecular formula is C16H24N4O3S. The van der Waals surface area contributed by atoms with Gasteiger partial charge in [0.1, 0.15) is 0 Å². The van der Waals surface area contributed by atoms with Crippen LogP contribution in [0.25, 0.3) is 0 Å². The molecule has 0 saturated carbocycles. The summed E-state index contributed by atoms with van der Waals surface area (Å²) in [7, 11) is -3.65. The zero-order chi connectivity index (χ0) is 17.2. The lowest BCUT2D eigenvalue weighted by atomic mass is 9.97. The third-order valence-electron chi connectivity index (χ3n) is 4.79. The smallest absolute Gasteiger partial charge is 0.276 e. The maximum absolute atomic E-state index is 12.3. The van der Waals surface area contributed by atoms with Gasteiger partial charge in [0.25, 0.3) is 10.2 Å². The molecule has 2 saturated heterocycles. The number of nitrogens with zero attached hydrogens (tertiary/aromatic N) is 2. The van der Waals surface area contributed by atoms with E-state index in [4.69, 9.17) is 5.14 Å². The third kappa shape index (κ3) is 4.06. The van der Waals surface area contributed by atoms with Gasteiger partial charge in [-0.3, -0.25) is 4.79 Å². The lowest BCUT2D eigenvalue weighted by Gasteiger charge is -2.29. The molecule has 7 nitrogen and oxygen atoms in total. The first-order valence-electron chi connectivity index (χ1n) is 8.37. The summed E-state index contributed by atoms with van der Waals surface area (Å²) in [6.07, 6.45) is 3.45. The van der Waals surface area contributed by atoms with E-state index >= 15 is 0 Å². The molecule has 24 heavy (non-hydrogen) atoms. The average molecular weight is 352 g/mol. The van der Waals surface area contributed by atoms with E-state index in [1.807, 2.05) is 24.3 Å². The summed E-state index contributed by atoms with van der Waals surface area (Å²) in [6.45, 7) is 2.78. The summed E-state index contributed by atoms with van der Waals surface area (Å²) in [6, 6.07) is 7.91. The minimum Gasteiger partial charge on any atom is -0.372 e. The van der Waals surface area contributed by atoms with Gasteiger partial charge in [0.05, 0.1) is 0 Å². The van der Waals surface area contributed by atoms with E-state index in [9.17, 15) is 13.2 Å². The summed E-state index contributed by atoms with van der Waals surface area (Å²) in [5.41, 5.74) is 1.96. The molecular weight excluding hydrogens is 328 g/mol. The first kappa shape index (κ1) is 17.2. The number of benzene rings is 1. The molecule has 0 atom stereocenters. The van der Waals surface area contributed by atoms with E-state index in [2.05, 4.69) is 10.2 Å². The van der Waals surface area contributed by atoms with Crippen LogP contribution in [0.5, 0.6) is 0 Å². The van der Waals surface area contributed by atoms with E-state index in [0.717, 1.165) is 18.8 Å². The Hall–Kier alpha value is -1.64. The molecule has 1 aromatic rings. The Morgan fingerprint density at radius 3 is 2.17 bits per heavy atom. The molecule has 2 aliphatic rings. The van der Waals surface area contributed by atoms with Crippen LogP contribution in [0.2, 0.25) is 0 Å². The normalized spacial score (nSPS) is 20.3. The Balaban J connectivity index is 1.53. The van der Waals surface area contributed by atoms with Gasteiger partial charge in [0, 0.05) is 43.5 Å². The van der Waals surface area contributed by atoms with E-state index in [1.54, 1.807) is 0 Å². The molecule has 0 aromatic heterocycles. The van der Waals surface area contributed by atoms with E-state index < -0.39 is 10.2 Å². The zero-order valence-electron chi connectivity index (χ0n) is 13.6. The quantitative estimate of drug-likeness (QED) is 0.849. The molecule has 1 amide bonds. The van der Waals surface area contributed by atoms with Crippen LogP contribution in [-0.2, 0) is 15.0 Å². The lowest BCUT2D eigenvalue weighted by molar-refractivity contribution is -0.120. The van der Waals surface area contributed by atoms with Gasteiger partial charge in [-0.05, 0) is 49.9 Å². The van der Waals surface area contributed by atoms with Gasteiger partial charge < -0.3 is 10.2 Å². The number of anilines is 2. The predicted molar refractivity (Wildman–Crippen MR) is 93.9 cm³/mol. The molecule has 2 fully saturated rings. The number of nitrogens with two attached hydrogens (primary N) is 1. The fourth-order valence-corrected chi connectivity index (χ4v) is 4.07. The molecule has 2 heterocycles. The second-order valence-electron chi connectivity index (χ2n) is 6.45. The molecule has 0 bridgehead atoms. The molecule has 132 valence electrons. The highest BCUT2D eigenvalue weighted by atomic mass is 32.2. The Kier molecular flexibility index (Phi) is 5.07. The van der Waals surface area contributed by atoms with Crippen molar-refractivity contribution in [2.24, 2.45) is 11.1 Å². The van der Waals surface area contributed by atoms with Crippen LogP contribution in [0.1, 0.15) is 25.7 Å². The molecule has 3 N–H and O–H groups in total. The largest absolute Gasteiger partial charge is 0.372 e. The van der Waals surface area contributed by atoms with Gasteiger partial charge in [0.15, 0.2) is 0 Å². The first-order valence-corrected chi connectivity index (χ1v) is 9.87. The SMILES string of the molecule is NS(=O)(=O)N1CCC(C(=O)Nc2ccc(N3CCCC3)cc2)CC1. The van der Waals surface area contributed by atoms with Gasteiger partial charge in [-0.2, -0.15) is 12.7 Å². The van der Waals surface area contributed by atoms with E-state index in [1.165, 1.54) is 22.8 Å². The summed E-state index contributed by atoms with van der Waals surface area (Å²) in [5, 5.41) is 8.04. The average Bonchev–Trinajstić information content (AvgIpc) is 3.09. The topological polar surface area (TPSA) is 95.7 Å². The van der Waals surface area contributed by atoms with Crippen LogP contribution in [-0.4, -0.2) is 44.8 Å². The van der Waals surface area contributed by atoms with Crippen molar-refractivity contribution in [2.75, 3.05) is 36.4 Å². The van der Waals surface area contributed by atoms with Crippen molar-refractivity contribution in [1.82, 2.24) is 4.31 Å². The molecule has 0 unspecified atom stereocenters. The fraction of sp³-hybridized carbons (Fsp3) is 0.562. The van der Waals surface area contributed by atoms with Crippen LogP contribution in [0.3, 0.4) is 0 Å². The van der Waals surface area contributed by atoms with Crippen molar-refractivity contribution in [3.8, 4) is 0 Å². The Morgan fingerprint density at radius 1 is 1.04 bits per heavy atom. The number of amides is 1. The molecule has 0 spiro atoms.